The lowest BCUT2D eigenvalue weighted by Gasteiger charge is -2.25. The Balaban J connectivity index is 0.985. The van der Waals surface area contributed by atoms with E-state index in [2.05, 4.69) is 187 Å². The van der Waals surface area contributed by atoms with Crippen LogP contribution in [-0.2, 0) is 0 Å². The Kier molecular flexibility index (Phi) is 7.17. The van der Waals surface area contributed by atoms with Crippen molar-refractivity contribution in [2.24, 2.45) is 4.99 Å². The molecule has 3 heterocycles. The quantitative estimate of drug-likeness (QED) is 0.193. The molecule has 1 N–H and O–H groups in total. The van der Waals surface area contributed by atoms with Crippen LogP contribution in [0, 0.1) is 0 Å². The Morgan fingerprint density at radius 1 is 0.481 bits per heavy atom. The Bertz CT molecular complexity index is 2970. The number of fused-ring (bicyclic) bond motifs is 7. The third-order valence-electron chi connectivity index (χ3n) is 10.8. The molecule has 8 aromatic carbocycles. The van der Waals surface area contributed by atoms with E-state index >= 15 is 0 Å². The zero-order valence-corrected chi connectivity index (χ0v) is 30.0. The van der Waals surface area contributed by atoms with Gasteiger partial charge in [0.05, 0.1) is 11.7 Å². The molecule has 0 saturated heterocycles. The molecule has 0 amide bonds. The average Bonchev–Trinajstić information content (AvgIpc) is 3.82. The first-order valence-electron chi connectivity index (χ1n) is 18.3. The summed E-state index contributed by atoms with van der Waals surface area (Å²) in [5.41, 5.74) is 13.3. The molecule has 1 aromatic heterocycles. The van der Waals surface area contributed by atoms with Crippen molar-refractivity contribution in [1.82, 2.24) is 5.32 Å². The van der Waals surface area contributed by atoms with Crippen molar-refractivity contribution < 1.29 is 4.42 Å². The normalized spacial score (nSPS) is 15.0. The molecule has 0 fully saturated rings. The minimum absolute atomic E-state index is 0.0133. The van der Waals surface area contributed by atoms with Crippen LogP contribution in [0.2, 0.25) is 0 Å². The van der Waals surface area contributed by atoms with Gasteiger partial charge in [0, 0.05) is 31.7 Å². The van der Waals surface area contributed by atoms with E-state index in [1.165, 1.54) is 48.4 Å². The second-order valence-corrected chi connectivity index (χ2v) is 15.0. The van der Waals surface area contributed by atoms with E-state index in [1.807, 2.05) is 11.8 Å². The number of rotatable bonds is 5. The molecule has 2 aliphatic rings. The predicted molar refractivity (Wildman–Crippen MR) is 226 cm³/mol. The molecule has 0 spiro atoms. The Morgan fingerprint density at radius 2 is 1.13 bits per heavy atom. The molecule has 0 bridgehead atoms. The van der Waals surface area contributed by atoms with E-state index in [4.69, 9.17) is 9.41 Å². The molecule has 4 heteroatoms. The lowest BCUT2D eigenvalue weighted by atomic mass is 9.95. The number of amidine groups is 1. The van der Waals surface area contributed by atoms with E-state index < -0.39 is 0 Å². The standard InChI is InChI=1S/C50H32N2OS/c1-2-10-31(11-3-1)32-22-26-36(27-23-32)47-49-48(41-15-6-7-19-45(41)54-49)52-50(51-47)42-17-9-18-43-46(42)40-29-28-37(30-44(40)53-43)33-20-24-35(25-21-33)39-16-8-13-34-12-4-5-14-38(34)39/h1-30,48H,(H,51,52). The average molecular weight is 709 g/mol. The van der Waals surface area contributed by atoms with Crippen LogP contribution in [0.1, 0.15) is 22.7 Å². The summed E-state index contributed by atoms with van der Waals surface area (Å²) in [5.74, 6) is 0.851. The third-order valence-corrected chi connectivity index (χ3v) is 12.0. The van der Waals surface area contributed by atoms with Gasteiger partial charge in [-0.3, -0.25) is 0 Å². The highest BCUT2D eigenvalue weighted by Crippen LogP contribution is 2.52. The summed E-state index contributed by atoms with van der Waals surface area (Å²) >= 11 is 1.82. The first kappa shape index (κ1) is 31.0. The molecule has 0 aliphatic carbocycles. The number of benzene rings is 8. The highest BCUT2D eigenvalue weighted by Gasteiger charge is 2.35. The van der Waals surface area contributed by atoms with Gasteiger partial charge in [-0.25, -0.2) is 4.99 Å². The van der Waals surface area contributed by atoms with Gasteiger partial charge in [0.2, 0.25) is 0 Å². The second kappa shape index (κ2) is 12.5. The summed E-state index contributed by atoms with van der Waals surface area (Å²) < 4.78 is 6.60. The van der Waals surface area contributed by atoms with Crippen molar-refractivity contribution in [3.63, 3.8) is 0 Å². The molecular formula is C50H32N2OS. The van der Waals surface area contributed by atoms with Gasteiger partial charge < -0.3 is 9.73 Å². The van der Waals surface area contributed by atoms with Gasteiger partial charge in [0.25, 0.3) is 0 Å². The SMILES string of the molecule is c1ccc(-c2ccc(C3=C4Sc5ccccc5C4NC(c4cccc5oc6cc(-c7ccc(-c8cccc9ccccc89)cc7)ccc6c45)=N3)cc2)cc1. The van der Waals surface area contributed by atoms with Crippen LogP contribution in [-0.4, -0.2) is 5.84 Å². The number of hydrogen-bond acceptors (Lipinski definition) is 4. The van der Waals surface area contributed by atoms with E-state index in [1.54, 1.807) is 0 Å². The third kappa shape index (κ3) is 5.10. The molecule has 0 radical (unpaired) electrons. The number of furan rings is 1. The van der Waals surface area contributed by atoms with E-state index in [9.17, 15) is 0 Å². The van der Waals surface area contributed by atoms with Crippen LogP contribution in [0.5, 0.6) is 0 Å². The first-order valence-corrected chi connectivity index (χ1v) is 19.1. The number of hydrogen-bond donors (Lipinski definition) is 1. The fourth-order valence-electron chi connectivity index (χ4n) is 8.11. The second-order valence-electron chi connectivity index (χ2n) is 13.9. The molecular weight excluding hydrogens is 677 g/mol. The van der Waals surface area contributed by atoms with Crippen molar-refractivity contribution in [2.45, 2.75) is 10.9 Å². The van der Waals surface area contributed by atoms with Gasteiger partial charge in [0.15, 0.2) is 0 Å². The van der Waals surface area contributed by atoms with Crippen molar-refractivity contribution >= 4 is 56.0 Å². The topological polar surface area (TPSA) is 37.5 Å². The highest BCUT2D eigenvalue weighted by molar-refractivity contribution is 8.03. The summed E-state index contributed by atoms with van der Waals surface area (Å²) in [6.07, 6.45) is 0. The molecule has 11 rings (SSSR count). The maximum atomic E-state index is 6.60. The summed E-state index contributed by atoms with van der Waals surface area (Å²) in [7, 11) is 0. The molecule has 1 unspecified atom stereocenters. The van der Waals surface area contributed by atoms with Crippen LogP contribution in [0.3, 0.4) is 0 Å². The first-order chi connectivity index (χ1) is 26.7. The molecule has 3 nitrogen and oxygen atoms in total. The van der Waals surface area contributed by atoms with Crippen LogP contribution in [0.4, 0.5) is 0 Å². The van der Waals surface area contributed by atoms with Gasteiger partial charge in [-0.2, -0.15) is 0 Å². The van der Waals surface area contributed by atoms with Gasteiger partial charge >= 0.3 is 0 Å². The van der Waals surface area contributed by atoms with Crippen LogP contribution >= 0.6 is 11.8 Å². The highest BCUT2D eigenvalue weighted by atomic mass is 32.2. The fourth-order valence-corrected chi connectivity index (χ4v) is 9.36. The lowest BCUT2D eigenvalue weighted by molar-refractivity contribution is 0.669. The minimum Gasteiger partial charge on any atom is -0.456 e. The van der Waals surface area contributed by atoms with Gasteiger partial charge in [-0.1, -0.05) is 169 Å². The Labute approximate surface area is 317 Å². The number of nitrogens with one attached hydrogen (secondary N) is 1. The fraction of sp³-hybridized carbons (Fsp3) is 0.0200. The molecule has 2 aliphatic heterocycles. The van der Waals surface area contributed by atoms with Gasteiger partial charge in [-0.15, -0.1) is 0 Å². The molecule has 9 aromatic rings. The van der Waals surface area contributed by atoms with Crippen molar-refractivity contribution in [3.8, 4) is 33.4 Å². The number of aliphatic imine (C=N–C) groups is 1. The van der Waals surface area contributed by atoms with E-state index in [0.717, 1.165) is 55.7 Å². The van der Waals surface area contributed by atoms with Crippen LogP contribution in [0.25, 0.3) is 71.8 Å². The van der Waals surface area contributed by atoms with Gasteiger partial charge in [0.1, 0.15) is 17.0 Å². The van der Waals surface area contributed by atoms with Crippen molar-refractivity contribution in [1.29, 1.82) is 0 Å². The summed E-state index contributed by atoms with van der Waals surface area (Å²) in [6.45, 7) is 0. The maximum absolute atomic E-state index is 6.60. The van der Waals surface area contributed by atoms with Crippen LogP contribution < -0.4 is 5.32 Å². The zero-order valence-electron chi connectivity index (χ0n) is 29.2. The Morgan fingerprint density at radius 3 is 2.00 bits per heavy atom. The minimum atomic E-state index is 0.0133. The van der Waals surface area contributed by atoms with Crippen molar-refractivity contribution in [2.75, 3.05) is 0 Å². The molecule has 1 atom stereocenters. The summed E-state index contributed by atoms with van der Waals surface area (Å²) in [5, 5.41) is 8.52. The largest absolute Gasteiger partial charge is 0.456 e. The van der Waals surface area contributed by atoms with Crippen molar-refractivity contribution in [3.05, 3.63) is 204 Å². The zero-order chi connectivity index (χ0) is 35.6. The molecule has 254 valence electrons. The number of nitrogens with zero attached hydrogens (tertiary/aromatic N) is 1. The monoisotopic (exact) mass is 708 g/mol. The smallest absolute Gasteiger partial charge is 0.136 e. The number of thioether (sulfide) groups is 1. The molecule has 54 heavy (non-hydrogen) atoms. The lowest BCUT2D eigenvalue weighted by Crippen LogP contribution is -2.32. The Hall–Kier alpha value is -6.62. The summed E-state index contributed by atoms with van der Waals surface area (Å²) in [4.78, 5) is 7.92. The predicted octanol–water partition coefficient (Wildman–Crippen LogP) is 13.3. The van der Waals surface area contributed by atoms with E-state index in [0.29, 0.717) is 0 Å². The molecule has 0 saturated carbocycles. The van der Waals surface area contributed by atoms with E-state index in [-0.39, 0.29) is 6.04 Å². The van der Waals surface area contributed by atoms with Crippen LogP contribution in [0.15, 0.2) is 201 Å². The summed E-state index contributed by atoms with van der Waals surface area (Å²) in [6, 6.07) is 64.9. The maximum Gasteiger partial charge on any atom is 0.136 e. The van der Waals surface area contributed by atoms with Gasteiger partial charge in [-0.05, 0) is 74.0 Å².